The molecule has 0 aromatic heterocycles. The van der Waals surface area contributed by atoms with Gasteiger partial charge in [0.1, 0.15) is 0 Å². The molecular weight excluding hydrogens is 254 g/mol. The number of halogens is 1. The summed E-state index contributed by atoms with van der Waals surface area (Å²) in [5.41, 5.74) is 0. The van der Waals surface area contributed by atoms with Crippen LogP contribution in [0.3, 0.4) is 0 Å². The lowest BCUT2D eigenvalue weighted by Crippen LogP contribution is -2.58. The van der Waals surface area contributed by atoms with Gasteiger partial charge in [-0.25, -0.2) is 0 Å². The Bertz CT molecular complexity index is 337. The Balaban J connectivity index is 0.00000162. The van der Waals surface area contributed by atoms with Crippen molar-refractivity contribution in [3.63, 3.8) is 0 Å². The van der Waals surface area contributed by atoms with Gasteiger partial charge in [-0.3, -0.25) is 9.59 Å². The third-order valence-electron chi connectivity index (χ3n) is 4.01. The average Bonchev–Trinajstić information content (AvgIpc) is 2.62. The fraction of sp³-hybridized carbons (Fsp3) is 0.833. The van der Waals surface area contributed by atoms with Crippen LogP contribution in [-0.4, -0.2) is 60.4 Å². The topological polar surface area (TPSA) is 52.7 Å². The van der Waals surface area contributed by atoms with E-state index in [2.05, 4.69) is 19.2 Å². The van der Waals surface area contributed by atoms with Crippen LogP contribution in [0.5, 0.6) is 0 Å². The third kappa shape index (κ3) is 2.78. The smallest absolute Gasteiger partial charge is 0.228 e. The number of carbonyl (C=O) groups excluding carboxylic acids is 2. The Morgan fingerprint density at radius 3 is 2.61 bits per heavy atom. The van der Waals surface area contributed by atoms with E-state index in [4.69, 9.17) is 0 Å². The van der Waals surface area contributed by atoms with E-state index in [0.29, 0.717) is 19.0 Å². The van der Waals surface area contributed by atoms with Gasteiger partial charge in [-0.15, -0.1) is 12.4 Å². The van der Waals surface area contributed by atoms with Crippen LogP contribution in [0.1, 0.15) is 20.3 Å². The Morgan fingerprint density at radius 1 is 1.39 bits per heavy atom. The van der Waals surface area contributed by atoms with E-state index in [0.717, 1.165) is 13.1 Å². The van der Waals surface area contributed by atoms with Crippen LogP contribution in [0.25, 0.3) is 0 Å². The van der Waals surface area contributed by atoms with Crippen LogP contribution in [-0.2, 0) is 9.59 Å². The molecule has 0 aromatic rings. The van der Waals surface area contributed by atoms with Gasteiger partial charge in [0.05, 0.1) is 5.92 Å². The lowest BCUT2D eigenvalue weighted by atomic mass is 10.0. The summed E-state index contributed by atoms with van der Waals surface area (Å²) in [5, 5.41) is 3.35. The predicted molar refractivity (Wildman–Crippen MR) is 71.6 cm³/mol. The van der Waals surface area contributed by atoms with Gasteiger partial charge in [0.15, 0.2) is 0 Å². The molecule has 2 heterocycles. The van der Waals surface area contributed by atoms with E-state index >= 15 is 0 Å². The molecule has 3 unspecified atom stereocenters. The molecule has 1 N–H and O–H groups in total. The van der Waals surface area contributed by atoms with Crippen molar-refractivity contribution >= 4 is 24.2 Å². The number of amides is 2. The van der Waals surface area contributed by atoms with Gasteiger partial charge < -0.3 is 15.1 Å². The molecule has 2 saturated heterocycles. The van der Waals surface area contributed by atoms with E-state index in [9.17, 15) is 9.59 Å². The summed E-state index contributed by atoms with van der Waals surface area (Å²) in [6.07, 6.45) is 0.375. The van der Waals surface area contributed by atoms with Crippen molar-refractivity contribution in [3.05, 3.63) is 0 Å². The fourth-order valence-corrected chi connectivity index (χ4v) is 2.63. The van der Waals surface area contributed by atoms with Crippen LogP contribution in [0.15, 0.2) is 0 Å². The lowest BCUT2D eigenvalue weighted by Gasteiger charge is -2.39. The van der Waals surface area contributed by atoms with Crippen molar-refractivity contribution in [1.82, 2.24) is 15.1 Å². The highest BCUT2D eigenvalue weighted by molar-refractivity contribution is 5.89. The number of hydrogen-bond donors (Lipinski definition) is 1. The van der Waals surface area contributed by atoms with Gasteiger partial charge >= 0.3 is 0 Å². The highest BCUT2D eigenvalue weighted by Crippen LogP contribution is 2.21. The summed E-state index contributed by atoms with van der Waals surface area (Å²) >= 11 is 0. The van der Waals surface area contributed by atoms with Crippen molar-refractivity contribution in [3.8, 4) is 0 Å². The van der Waals surface area contributed by atoms with Gasteiger partial charge in [0.2, 0.25) is 11.8 Å². The van der Waals surface area contributed by atoms with Gasteiger partial charge in [-0.1, -0.05) is 0 Å². The minimum atomic E-state index is -0.139. The van der Waals surface area contributed by atoms with E-state index in [-0.39, 0.29) is 36.2 Å². The Kier molecular flexibility index (Phi) is 4.99. The van der Waals surface area contributed by atoms with Crippen LogP contribution in [0, 0.1) is 5.92 Å². The van der Waals surface area contributed by atoms with Crippen LogP contribution in [0.2, 0.25) is 0 Å². The summed E-state index contributed by atoms with van der Waals surface area (Å²) in [6.45, 7) is 6.32. The maximum absolute atomic E-state index is 12.4. The van der Waals surface area contributed by atoms with Crippen molar-refractivity contribution < 1.29 is 9.59 Å². The molecule has 3 atom stereocenters. The monoisotopic (exact) mass is 275 g/mol. The van der Waals surface area contributed by atoms with Gasteiger partial charge in [0.25, 0.3) is 0 Å². The Hall–Kier alpha value is -0.810. The normalized spacial score (nSPS) is 32.4. The van der Waals surface area contributed by atoms with Crippen molar-refractivity contribution in [2.24, 2.45) is 5.92 Å². The zero-order valence-corrected chi connectivity index (χ0v) is 12.0. The first-order valence-electron chi connectivity index (χ1n) is 6.28. The summed E-state index contributed by atoms with van der Waals surface area (Å²) in [7, 11) is 1.76. The molecule has 0 aliphatic carbocycles. The van der Waals surface area contributed by atoms with Gasteiger partial charge in [-0.05, 0) is 13.8 Å². The second kappa shape index (κ2) is 5.89. The highest BCUT2D eigenvalue weighted by Gasteiger charge is 2.37. The molecule has 104 valence electrons. The molecule has 18 heavy (non-hydrogen) atoms. The molecule has 0 aromatic carbocycles. The third-order valence-corrected chi connectivity index (χ3v) is 4.01. The van der Waals surface area contributed by atoms with Crippen LogP contribution >= 0.6 is 12.4 Å². The maximum atomic E-state index is 12.4. The lowest BCUT2D eigenvalue weighted by molar-refractivity contribution is -0.139. The minimum absolute atomic E-state index is 0. The molecule has 6 heteroatoms. The number of carbonyl (C=O) groups is 2. The average molecular weight is 276 g/mol. The number of piperazine rings is 1. The molecular formula is C12H22ClN3O2. The van der Waals surface area contributed by atoms with Crippen molar-refractivity contribution in [1.29, 1.82) is 0 Å². The largest absolute Gasteiger partial charge is 0.345 e. The number of rotatable bonds is 1. The summed E-state index contributed by atoms with van der Waals surface area (Å²) in [4.78, 5) is 27.4. The van der Waals surface area contributed by atoms with Crippen molar-refractivity contribution in [2.75, 3.05) is 26.7 Å². The van der Waals surface area contributed by atoms with E-state index in [1.807, 2.05) is 4.90 Å². The first-order valence-corrected chi connectivity index (χ1v) is 6.28. The summed E-state index contributed by atoms with van der Waals surface area (Å²) < 4.78 is 0. The Morgan fingerprint density at radius 2 is 2.06 bits per heavy atom. The van der Waals surface area contributed by atoms with Gasteiger partial charge in [-0.2, -0.15) is 0 Å². The first-order chi connectivity index (χ1) is 8.00. The van der Waals surface area contributed by atoms with E-state index in [1.54, 1.807) is 11.9 Å². The highest BCUT2D eigenvalue weighted by atomic mass is 35.5. The molecule has 0 spiro atoms. The number of hydrogen-bond acceptors (Lipinski definition) is 3. The molecule has 5 nitrogen and oxygen atoms in total. The molecule has 0 bridgehead atoms. The predicted octanol–water partition coefficient (Wildman–Crippen LogP) is 0.0953. The zero-order chi connectivity index (χ0) is 12.6. The summed E-state index contributed by atoms with van der Waals surface area (Å²) in [6, 6.07) is 0.528. The standard InChI is InChI=1S/C12H21N3O2.ClH/c1-8-9(2)15(5-4-13-8)12(17)10-6-11(16)14(3)7-10;/h8-10,13H,4-7H2,1-3H3;1H. The van der Waals surface area contributed by atoms with E-state index < -0.39 is 0 Å². The SMILES string of the molecule is CC1NCCN(C(=O)C2CC(=O)N(C)C2)C1C.Cl. The molecule has 2 aliphatic rings. The summed E-state index contributed by atoms with van der Waals surface area (Å²) in [5.74, 6) is 0.0861. The molecule has 0 saturated carbocycles. The Labute approximate surface area is 114 Å². The van der Waals surface area contributed by atoms with E-state index in [1.165, 1.54) is 0 Å². The molecule has 2 aliphatic heterocycles. The number of nitrogens with one attached hydrogen (secondary N) is 1. The molecule has 0 radical (unpaired) electrons. The maximum Gasteiger partial charge on any atom is 0.228 e. The van der Waals surface area contributed by atoms with Crippen LogP contribution in [0.4, 0.5) is 0 Å². The number of likely N-dealkylation sites (tertiary alicyclic amines) is 1. The zero-order valence-electron chi connectivity index (χ0n) is 11.2. The van der Waals surface area contributed by atoms with Crippen molar-refractivity contribution in [2.45, 2.75) is 32.4 Å². The number of nitrogens with zero attached hydrogens (tertiary/aromatic N) is 2. The van der Waals surface area contributed by atoms with Gasteiger partial charge in [0, 0.05) is 45.2 Å². The second-order valence-corrected chi connectivity index (χ2v) is 5.19. The first kappa shape index (κ1) is 15.2. The minimum Gasteiger partial charge on any atom is -0.345 e. The molecule has 2 rings (SSSR count). The van der Waals surface area contributed by atoms with Crippen LogP contribution < -0.4 is 5.32 Å². The second-order valence-electron chi connectivity index (χ2n) is 5.19. The fourth-order valence-electron chi connectivity index (χ4n) is 2.63. The quantitative estimate of drug-likeness (QED) is 0.738. The molecule has 2 amide bonds. The molecule has 2 fully saturated rings.